The lowest BCUT2D eigenvalue weighted by Crippen LogP contribution is -2.14. The normalized spacial score (nSPS) is 11.1. The molecule has 1 aromatic carbocycles. The van der Waals surface area contributed by atoms with Crippen molar-refractivity contribution < 1.29 is 9.53 Å². The molecule has 0 spiro atoms. The smallest absolute Gasteiger partial charge is 0.257 e. The number of pyridine rings is 1. The molecule has 1 amide bonds. The molecular weight excluding hydrogens is 364 g/mol. The van der Waals surface area contributed by atoms with E-state index in [0.717, 1.165) is 22.3 Å². The van der Waals surface area contributed by atoms with Crippen molar-refractivity contribution in [2.24, 2.45) is 0 Å². The number of carbonyl (C=O) groups excluding carboxylic acids is 1. The number of anilines is 1. The van der Waals surface area contributed by atoms with E-state index >= 15 is 0 Å². The Morgan fingerprint density at radius 3 is 2.59 bits per heavy atom. The summed E-state index contributed by atoms with van der Waals surface area (Å²) in [5, 5.41) is 2.77. The van der Waals surface area contributed by atoms with Crippen LogP contribution in [0, 0.1) is 13.8 Å². The highest BCUT2D eigenvalue weighted by atomic mass is 16.5. The zero-order valence-corrected chi connectivity index (χ0v) is 16.6. The number of carbonyl (C=O) groups is 1. The largest absolute Gasteiger partial charge is 0.465 e. The van der Waals surface area contributed by atoms with E-state index in [-0.39, 0.29) is 5.91 Å². The second-order valence-corrected chi connectivity index (χ2v) is 6.40. The number of ether oxygens (including phenoxy) is 1. The molecule has 0 saturated heterocycles. The molecule has 0 aliphatic heterocycles. The highest BCUT2D eigenvalue weighted by Crippen LogP contribution is 2.26. The minimum Gasteiger partial charge on any atom is -0.465 e. The van der Waals surface area contributed by atoms with Crippen molar-refractivity contribution in [1.29, 1.82) is 0 Å². The molecule has 2 aromatic heterocycles. The van der Waals surface area contributed by atoms with Crippen molar-refractivity contribution in [1.82, 2.24) is 15.0 Å². The number of aromatic nitrogens is 3. The van der Waals surface area contributed by atoms with Gasteiger partial charge in [-0.05, 0) is 50.1 Å². The summed E-state index contributed by atoms with van der Waals surface area (Å²) in [6.45, 7) is 9.35. The van der Waals surface area contributed by atoms with Crippen molar-refractivity contribution in [3.63, 3.8) is 0 Å². The Labute approximate surface area is 170 Å². The third-order valence-corrected chi connectivity index (χ3v) is 4.43. The molecule has 0 bridgehead atoms. The number of rotatable bonds is 6. The van der Waals surface area contributed by atoms with E-state index in [9.17, 15) is 4.79 Å². The van der Waals surface area contributed by atoms with Crippen LogP contribution in [0.2, 0.25) is 0 Å². The molecule has 1 N–H and O–H groups in total. The zero-order valence-electron chi connectivity index (χ0n) is 16.6. The molecule has 3 rings (SSSR count). The van der Waals surface area contributed by atoms with Gasteiger partial charge in [0.1, 0.15) is 5.76 Å². The fraction of sp³-hybridized carbons (Fsp3) is 0.130. The van der Waals surface area contributed by atoms with E-state index in [2.05, 4.69) is 26.8 Å². The predicted molar refractivity (Wildman–Crippen MR) is 114 cm³/mol. The van der Waals surface area contributed by atoms with Crippen LogP contribution in [0.1, 0.15) is 34.0 Å². The van der Waals surface area contributed by atoms with Crippen molar-refractivity contribution in [2.45, 2.75) is 20.8 Å². The quantitative estimate of drug-likeness (QED) is 0.608. The summed E-state index contributed by atoms with van der Waals surface area (Å²) in [7, 11) is 0. The molecule has 0 aliphatic carbocycles. The summed E-state index contributed by atoms with van der Waals surface area (Å²) >= 11 is 0. The molecule has 29 heavy (non-hydrogen) atoms. The molecule has 0 unspecified atom stereocenters. The molecule has 2 heterocycles. The molecular formula is C23H22N4O2. The van der Waals surface area contributed by atoms with Crippen LogP contribution < -0.4 is 5.32 Å². The highest BCUT2D eigenvalue weighted by molar-refractivity contribution is 6.04. The van der Waals surface area contributed by atoms with Gasteiger partial charge in [-0.1, -0.05) is 18.7 Å². The number of amides is 1. The minimum absolute atomic E-state index is 0.246. The molecule has 3 aromatic rings. The molecule has 146 valence electrons. The third-order valence-electron chi connectivity index (χ3n) is 4.43. The van der Waals surface area contributed by atoms with Gasteiger partial charge < -0.3 is 10.1 Å². The Kier molecular flexibility index (Phi) is 6.14. The van der Waals surface area contributed by atoms with Crippen molar-refractivity contribution in [3.8, 4) is 11.3 Å². The number of nitrogens with one attached hydrogen (secondary N) is 1. The third kappa shape index (κ3) is 4.55. The lowest BCUT2D eigenvalue weighted by Gasteiger charge is -2.11. The van der Waals surface area contributed by atoms with Crippen LogP contribution >= 0.6 is 0 Å². The Balaban J connectivity index is 1.84. The van der Waals surface area contributed by atoms with Gasteiger partial charge in [0.05, 0.1) is 24.3 Å². The van der Waals surface area contributed by atoms with Gasteiger partial charge in [-0.3, -0.25) is 14.8 Å². The Hall–Kier alpha value is -3.80. The topological polar surface area (TPSA) is 77.0 Å². The monoisotopic (exact) mass is 386 g/mol. The Morgan fingerprint density at radius 1 is 1.10 bits per heavy atom. The van der Waals surface area contributed by atoms with Crippen LogP contribution in [0.3, 0.4) is 0 Å². The Bertz CT molecular complexity index is 1070. The van der Waals surface area contributed by atoms with Gasteiger partial charge in [-0.15, -0.1) is 0 Å². The van der Waals surface area contributed by atoms with Crippen LogP contribution in [-0.2, 0) is 4.74 Å². The molecule has 0 saturated carbocycles. The first-order chi connectivity index (χ1) is 14.0. The highest BCUT2D eigenvalue weighted by Gasteiger charge is 2.12. The average molecular weight is 386 g/mol. The summed E-state index contributed by atoms with van der Waals surface area (Å²) in [6, 6.07) is 7.66. The van der Waals surface area contributed by atoms with E-state index in [4.69, 9.17) is 4.74 Å². The number of benzene rings is 1. The first kappa shape index (κ1) is 19.9. The van der Waals surface area contributed by atoms with Gasteiger partial charge in [-0.2, -0.15) is 0 Å². The summed E-state index contributed by atoms with van der Waals surface area (Å²) in [6.07, 6.45) is 9.70. The van der Waals surface area contributed by atoms with Gasteiger partial charge in [0.2, 0.25) is 0 Å². The van der Waals surface area contributed by atoms with E-state index in [1.54, 1.807) is 30.9 Å². The van der Waals surface area contributed by atoms with Crippen LogP contribution in [0.25, 0.3) is 17.0 Å². The van der Waals surface area contributed by atoms with E-state index < -0.39 is 0 Å². The molecule has 0 atom stereocenters. The second-order valence-electron chi connectivity index (χ2n) is 6.40. The summed E-state index contributed by atoms with van der Waals surface area (Å²) < 4.78 is 5.46. The fourth-order valence-corrected chi connectivity index (χ4v) is 2.89. The first-order valence-corrected chi connectivity index (χ1v) is 9.12. The number of hydrogen-bond acceptors (Lipinski definition) is 5. The predicted octanol–water partition coefficient (Wildman–Crippen LogP) is 4.93. The molecule has 6 heteroatoms. The van der Waals surface area contributed by atoms with Crippen molar-refractivity contribution in [2.75, 3.05) is 5.32 Å². The second kappa shape index (κ2) is 8.93. The Morgan fingerprint density at radius 2 is 1.93 bits per heavy atom. The van der Waals surface area contributed by atoms with Crippen molar-refractivity contribution in [3.05, 3.63) is 90.2 Å². The maximum absolute atomic E-state index is 12.4. The van der Waals surface area contributed by atoms with Gasteiger partial charge >= 0.3 is 0 Å². The van der Waals surface area contributed by atoms with Crippen LogP contribution in [-0.4, -0.2) is 20.9 Å². The maximum atomic E-state index is 12.4. The summed E-state index contributed by atoms with van der Waals surface area (Å²) in [5.74, 6) is 0.850. The van der Waals surface area contributed by atoms with Gasteiger partial charge in [-0.25, -0.2) is 4.98 Å². The van der Waals surface area contributed by atoms with E-state index in [1.807, 2.05) is 45.0 Å². The van der Waals surface area contributed by atoms with Crippen LogP contribution in [0.15, 0.2) is 68.0 Å². The molecule has 0 radical (unpaired) electrons. The standard InChI is InChI=1S/C23H22N4O2/c1-5-21(29-6-2)17-8-7-15(3)19(11-17)20-13-26-22(14-25-20)27-23(28)18-9-10-24-12-16(18)4/h5-14H,2H2,1,3-4H3,(H,26,27,28)/b21-5-. The fourth-order valence-electron chi connectivity index (χ4n) is 2.89. The number of allylic oxidation sites excluding steroid dienone is 1. The summed E-state index contributed by atoms with van der Waals surface area (Å²) in [5.41, 5.74) is 4.96. The maximum Gasteiger partial charge on any atom is 0.257 e. The number of aryl methyl sites for hydroxylation is 2. The molecule has 6 nitrogen and oxygen atoms in total. The summed E-state index contributed by atoms with van der Waals surface area (Å²) in [4.78, 5) is 25.3. The van der Waals surface area contributed by atoms with E-state index in [0.29, 0.717) is 22.8 Å². The lowest BCUT2D eigenvalue weighted by atomic mass is 10.0. The van der Waals surface area contributed by atoms with E-state index in [1.165, 1.54) is 6.26 Å². The number of nitrogens with zero attached hydrogens (tertiary/aromatic N) is 3. The minimum atomic E-state index is -0.246. The van der Waals surface area contributed by atoms with Crippen molar-refractivity contribution >= 4 is 17.5 Å². The molecule has 0 fully saturated rings. The van der Waals surface area contributed by atoms with Gasteiger partial charge in [0.25, 0.3) is 5.91 Å². The van der Waals surface area contributed by atoms with Gasteiger partial charge in [0.15, 0.2) is 5.82 Å². The first-order valence-electron chi connectivity index (χ1n) is 9.12. The average Bonchev–Trinajstić information content (AvgIpc) is 2.73. The SMILES string of the molecule is C=CO/C(=C\C)c1ccc(C)c(-c2cnc(NC(=O)c3ccncc3C)cn2)c1. The number of hydrogen-bond donors (Lipinski definition) is 1. The molecule has 0 aliphatic rings. The lowest BCUT2D eigenvalue weighted by molar-refractivity contribution is 0.102. The van der Waals surface area contributed by atoms with Crippen LogP contribution in [0.5, 0.6) is 0 Å². The van der Waals surface area contributed by atoms with Crippen LogP contribution in [0.4, 0.5) is 5.82 Å². The zero-order chi connectivity index (χ0) is 20.8. The van der Waals surface area contributed by atoms with Gasteiger partial charge in [0, 0.05) is 29.1 Å².